The van der Waals surface area contributed by atoms with Crippen LogP contribution in [0.5, 0.6) is 0 Å². The maximum atomic E-state index is 12.7. The van der Waals surface area contributed by atoms with Gasteiger partial charge in [-0.2, -0.15) is 0 Å². The van der Waals surface area contributed by atoms with Crippen molar-refractivity contribution < 1.29 is 18.7 Å². The second-order valence-corrected chi connectivity index (χ2v) is 5.39. The number of carbonyl (C=O) groups excluding carboxylic acids is 2. The lowest BCUT2D eigenvalue weighted by Crippen LogP contribution is -2.14. The minimum Gasteiger partial charge on any atom is -0.457 e. The lowest BCUT2D eigenvalue weighted by Gasteiger charge is -2.04. The first-order valence-electron chi connectivity index (χ1n) is 6.36. The first kappa shape index (κ1) is 15.3. The number of Topliss-reactive ketones (excluding diaryl/α,β-unsaturated/α-hetero) is 1. The summed E-state index contributed by atoms with van der Waals surface area (Å²) < 4.78 is 17.6. The van der Waals surface area contributed by atoms with E-state index in [4.69, 9.17) is 4.74 Å². The smallest absolute Gasteiger partial charge is 0.307 e. The summed E-state index contributed by atoms with van der Waals surface area (Å²) in [5.41, 5.74) is 0.420. The quantitative estimate of drug-likeness (QED) is 0.485. The highest BCUT2D eigenvalue weighted by molar-refractivity contribution is 7.99. The number of carbonyl (C=O) groups is 2. The third kappa shape index (κ3) is 5.07. The van der Waals surface area contributed by atoms with E-state index < -0.39 is 5.97 Å². The molecule has 0 saturated heterocycles. The standard InChI is InChI=1S/C15H14FNO3S/c16-11-3-5-12(6-4-11)21-9-7-15(19)20-10-14(18)13-2-1-8-17-13/h1-6,8,17H,7,9-10H2. The van der Waals surface area contributed by atoms with E-state index in [1.165, 1.54) is 23.9 Å². The first-order chi connectivity index (χ1) is 10.1. The largest absolute Gasteiger partial charge is 0.457 e. The maximum absolute atomic E-state index is 12.7. The molecule has 6 heteroatoms. The Morgan fingerprint density at radius 1 is 1.19 bits per heavy atom. The number of aromatic nitrogens is 1. The van der Waals surface area contributed by atoms with Crippen molar-refractivity contribution in [3.8, 4) is 0 Å². The number of thioether (sulfide) groups is 1. The van der Waals surface area contributed by atoms with Crippen LogP contribution >= 0.6 is 11.8 Å². The van der Waals surface area contributed by atoms with E-state index in [9.17, 15) is 14.0 Å². The minimum atomic E-state index is -0.426. The van der Waals surface area contributed by atoms with Crippen LogP contribution in [0.3, 0.4) is 0 Å². The molecule has 1 N–H and O–H groups in total. The van der Waals surface area contributed by atoms with Crippen LogP contribution in [0.15, 0.2) is 47.5 Å². The van der Waals surface area contributed by atoms with Crippen LogP contribution < -0.4 is 0 Å². The van der Waals surface area contributed by atoms with Gasteiger partial charge in [-0.3, -0.25) is 9.59 Å². The Kier molecular flexibility index (Phi) is 5.57. The average molecular weight is 307 g/mol. The zero-order chi connectivity index (χ0) is 15.1. The van der Waals surface area contributed by atoms with E-state index >= 15 is 0 Å². The number of rotatable bonds is 7. The molecule has 0 unspecified atom stereocenters. The molecular formula is C15H14FNO3S. The van der Waals surface area contributed by atoms with Crippen molar-refractivity contribution >= 4 is 23.5 Å². The number of ketones is 1. The molecule has 0 aliphatic heterocycles. The number of hydrogen-bond donors (Lipinski definition) is 1. The van der Waals surface area contributed by atoms with E-state index in [0.717, 1.165) is 4.90 Å². The van der Waals surface area contributed by atoms with E-state index in [0.29, 0.717) is 11.4 Å². The molecule has 0 atom stereocenters. The SMILES string of the molecule is O=C(CCSc1ccc(F)cc1)OCC(=O)c1ccc[nH]1. The van der Waals surface area contributed by atoms with Crippen molar-refractivity contribution in [2.24, 2.45) is 0 Å². The van der Waals surface area contributed by atoms with Gasteiger partial charge >= 0.3 is 5.97 Å². The van der Waals surface area contributed by atoms with Crippen molar-refractivity contribution in [3.63, 3.8) is 0 Å². The molecule has 21 heavy (non-hydrogen) atoms. The summed E-state index contributed by atoms with van der Waals surface area (Å²) in [4.78, 5) is 26.7. The highest BCUT2D eigenvalue weighted by Crippen LogP contribution is 2.18. The molecule has 0 aliphatic rings. The van der Waals surface area contributed by atoms with Crippen LogP contribution in [0.25, 0.3) is 0 Å². The molecule has 2 aromatic rings. The fourth-order valence-corrected chi connectivity index (χ4v) is 2.42. The fraction of sp³-hybridized carbons (Fsp3) is 0.200. The van der Waals surface area contributed by atoms with Gasteiger partial charge in [0, 0.05) is 16.8 Å². The Morgan fingerprint density at radius 3 is 2.62 bits per heavy atom. The van der Waals surface area contributed by atoms with E-state index in [2.05, 4.69) is 4.98 Å². The summed E-state index contributed by atoms with van der Waals surface area (Å²) in [6.07, 6.45) is 1.83. The topological polar surface area (TPSA) is 59.2 Å². The molecule has 0 bridgehead atoms. The molecule has 1 aromatic carbocycles. The van der Waals surface area contributed by atoms with Crippen LogP contribution in [-0.2, 0) is 9.53 Å². The molecule has 110 valence electrons. The Morgan fingerprint density at radius 2 is 1.95 bits per heavy atom. The number of benzene rings is 1. The number of hydrogen-bond acceptors (Lipinski definition) is 4. The first-order valence-corrected chi connectivity index (χ1v) is 7.34. The van der Waals surface area contributed by atoms with Crippen LogP contribution in [-0.4, -0.2) is 29.1 Å². The Balaban J connectivity index is 1.66. The van der Waals surface area contributed by atoms with Gasteiger partial charge in [0.25, 0.3) is 0 Å². The number of esters is 1. The molecule has 0 saturated carbocycles. The normalized spacial score (nSPS) is 10.3. The van der Waals surface area contributed by atoms with Crippen LogP contribution in [0.4, 0.5) is 4.39 Å². The zero-order valence-electron chi connectivity index (χ0n) is 11.2. The molecule has 0 amide bonds. The molecule has 0 radical (unpaired) electrons. The molecule has 1 heterocycles. The molecule has 0 fully saturated rings. The second-order valence-electron chi connectivity index (χ2n) is 4.22. The third-order valence-electron chi connectivity index (χ3n) is 2.65. The summed E-state index contributed by atoms with van der Waals surface area (Å²) in [7, 11) is 0. The molecular weight excluding hydrogens is 293 g/mol. The summed E-state index contributed by atoms with van der Waals surface area (Å²) in [5, 5.41) is 0. The minimum absolute atomic E-state index is 0.194. The van der Waals surface area contributed by atoms with Gasteiger partial charge in [0.15, 0.2) is 6.61 Å². The van der Waals surface area contributed by atoms with Crippen molar-refractivity contribution in [3.05, 3.63) is 54.1 Å². The van der Waals surface area contributed by atoms with Crippen molar-refractivity contribution in [1.82, 2.24) is 4.98 Å². The van der Waals surface area contributed by atoms with Crippen molar-refractivity contribution in [2.45, 2.75) is 11.3 Å². The van der Waals surface area contributed by atoms with E-state index in [1.54, 1.807) is 30.5 Å². The van der Waals surface area contributed by atoms with E-state index in [1.807, 2.05) is 0 Å². The fourth-order valence-electron chi connectivity index (χ4n) is 1.58. The molecule has 0 aliphatic carbocycles. The van der Waals surface area contributed by atoms with Gasteiger partial charge in [-0.05, 0) is 36.4 Å². The lowest BCUT2D eigenvalue weighted by molar-refractivity contribution is -0.141. The number of H-pyrrole nitrogens is 1. The number of ether oxygens (including phenoxy) is 1. The number of halogens is 1. The van der Waals surface area contributed by atoms with Gasteiger partial charge in [0.1, 0.15) is 5.82 Å². The van der Waals surface area contributed by atoms with Crippen LogP contribution in [0.1, 0.15) is 16.9 Å². The van der Waals surface area contributed by atoms with Gasteiger partial charge in [-0.25, -0.2) is 4.39 Å². The molecule has 2 rings (SSSR count). The third-order valence-corrected chi connectivity index (χ3v) is 3.66. The number of nitrogens with one attached hydrogen (secondary N) is 1. The molecule has 0 spiro atoms. The van der Waals surface area contributed by atoms with E-state index in [-0.39, 0.29) is 24.6 Å². The lowest BCUT2D eigenvalue weighted by atomic mass is 10.3. The summed E-state index contributed by atoms with van der Waals surface area (Å²) in [6.45, 7) is -0.263. The van der Waals surface area contributed by atoms with Crippen LogP contribution in [0.2, 0.25) is 0 Å². The van der Waals surface area contributed by atoms with Gasteiger partial charge in [-0.1, -0.05) is 0 Å². The maximum Gasteiger partial charge on any atom is 0.307 e. The van der Waals surface area contributed by atoms with Gasteiger partial charge in [-0.15, -0.1) is 11.8 Å². The summed E-state index contributed by atoms with van der Waals surface area (Å²) in [6, 6.07) is 9.38. The van der Waals surface area contributed by atoms with Crippen molar-refractivity contribution in [2.75, 3.05) is 12.4 Å². The predicted molar refractivity (Wildman–Crippen MR) is 77.8 cm³/mol. The van der Waals surface area contributed by atoms with Crippen molar-refractivity contribution in [1.29, 1.82) is 0 Å². The van der Waals surface area contributed by atoms with Gasteiger partial charge in [0.2, 0.25) is 5.78 Å². The van der Waals surface area contributed by atoms with Crippen LogP contribution in [0, 0.1) is 5.82 Å². The molecule has 4 nitrogen and oxygen atoms in total. The van der Waals surface area contributed by atoms with Gasteiger partial charge in [0.05, 0.1) is 12.1 Å². The predicted octanol–water partition coefficient (Wildman–Crippen LogP) is 3.06. The average Bonchev–Trinajstić information content (AvgIpc) is 3.01. The highest BCUT2D eigenvalue weighted by atomic mass is 32.2. The Labute approximate surface area is 125 Å². The Hall–Kier alpha value is -2.08. The zero-order valence-corrected chi connectivity index (χ0v) is 12.0. The van der Waals surface area contributed by atoms with Gasteiger partial charge < -0.3 is 9.72 Å². The second kappa shape index (κ2) is 7.64. The highest BCUT2D eigenvalue weighted by Gasteiger charge is 2.10. The monoisotopic (exact) mass is 307 g/mol. The summed E-state index contributed by atoms with van der Waals surface area (Å²) in [5.74, 6) is -0.466. The number of aromatic amines is 1. The summed E-state index contributed by atoms with van der Waals surface area (Å²) >= 11 is 1.43. The Bertz CT molecular complexity index is 596. The molecule has 1 aromatic heterocycles.